The van der Waals surface area contributed by atoms with E-state index in [0.29, 0.717) is 0 Å². The lowest BCUT2D eigenvalue weighted by Gasteiger charge is -2.57. The number of aliphatic hydroxyl groups is 1. The van der Waals surface area contributed by atoms with Gasteiger partial charge in [-0.25, -0.2) is 0 Å². The van der Waals surface area contributed by atoms with E-state index in [4.69, 9.17) is 9.47 Å². The number of allylic oxidation sites excluding steroid dienone is 1. The lowest BCUT2D eigenvalue weighted by atomic mass is 9.50. The fourth-order valence-electron chi connectivity index (χ4n) is 4.25. The van der Waals surface area contributed by atoms with Gasteiger partial charge in [0.05, 0.1) is 11.5 Å². The third kappa shape index (κ3) is 1.23. The van der Waals surface area contributed by atoms with Gasteiger partial charge >= 0.3 is 0 Å². The van der Waals surface area contributed by atoms with E-state index in [2.05, 4.69) is 0 Å². The molecule has 0 heterocycles. The van der Waals surface area contributed by atoms with Crippen molar-refractivity contribution in [1.29, 1.82) is 0 Å². The molecule has 4 nitrogen and oxygen atoms in total. The van der Waals surface area contributed by atoms with Crippen molar-refractivity contribution >= 4 is 5.78 Å². The lowest BCUT2D eigenvalue weighted by molar-refractivity contribution is -0.254. The van der Waals surface area contributed by atoms with E-state index in [9.17, 15) is 9.90 Å². The number of ether oxygens (including phenoxy) is 2. The molecule has 1 N–H and O–H groups in total. The summed E-state index contributed by atoms with van der Waals surface area (Å²) in [5, 5.41) is 10.2. The maximum absolute atomic E-state index is 12.9. The van der Waals surface area contributed by atoms with Crippen molar-refractivity contribution in [1.82, 2.24) is 0 Å². The Hall–Kier alpha value is -0.710. The predicted octanol–water partition coefficient (Wildman–Crippen LogP) is 1.28. The molecule has 18 heavy (non-hydrogen) atoms. The first-order chi connectivity index (χ1) is 8.60. The molecule has 0 unspecified atom stereocenters. The largest absolute Gasteiger partial charge is 0.393 e. The van der Waals surface area contributed by atoms with E-state index < -0.39 is 11.2 Å². The number of rotatable bonds is 2. The minimum absolute atomic E-state index is 0.00231. The van der Waals surface area contributed by atoms with E-state index in [-0.39, 0.29) is 23.7 Å². The van der Waals surface area contributed by atoms with Crippen molar-refractivity contribution in [2.45, 2.75) is 37.6 Å². The minimum atomic E-state index is -1.14. The van der Waals surface area contributed by atoms with Crippen LogP contribution in [-0.2, 0) is 14.3 Å². The molecule has 0 aliphatic heterocycles. The van der Waals surface area contributed by atoms with Crippen molar-refractivity contribution in [3.8, 4) is 0 Å². The van der Waals surface area contributed by atoms with Crippen LogP contribution in [0.5, 0.6) is 0 Å². The zero-order valence-corrected chi connectivity index (χ0v) is 10.9. The molecule has 4 heteroatoms. The smallest absolute Gasteiger partial charge is 0.235 e. The van der Waals surface area contributed by atoms with Gasteiger partial charge in [0, 0.05) is 26.1 Å². The summed E-state index contributed by atoms with van der Waals surface area (Å²) in [5.41, 5.74) is -0.571. The summed E-state index contributed by atoms with van der Waals surface area (Å²) < 4.78 is 10.9. The number of methoxy groups -OCH3 is 2. The highest BCUT2D eigenvalue weighted by atomic mass is 16.7. The second kappa shape index (κ2) is 3.89. The van der Waals surface area contributed by atoms with Gasteiger partial charge in [0.15, 0.2) is 0 Å². The van der Waals surface area contributed by atoms with Crippen molar-refractivity contribution in [3.63, 3.8) is 0 Å². The Morgan fingerprint density at radius 2 is 2.11 bits per heavy atom. The first-order valence-electron chi connectivity index (χ1n) is 6.63. The average molecular weight is 252 g/mol. The van der Waals surface area contributed by atoms with Crippen LogP contribution in [0.1, 0.15) is 25.7 Å². The summed E-state index contributed by atoms with van der Waals surface area (Å²) in [6, 6.07) is 0. The van der Waals surface area contributed by atoms with Crippen molar-refractivity contribution in [2.75, 3.05) is 14.2 Å². The SMILES string of the molecule is COC1(OC)C(=O)[C@]23C=C[C@H]1C[C@H]2[C@H](O)CCC3. The Labute approximate surface area is 107 Å². The van der Waals surface area contributed by atoms with E-state index in [0.717, 1.165) is 25.7 Å². The van der Waals surface area contributed by atoms with Gasteiger partial charge in [0.25, 0.3) is 0 Å². The number of aliphatic hydroxyl groups excluding tert-OH is 1. The zero-order valence-electron chi connectivity index (χ0n) is 10.9. The first-order valence-corrected chi connectivity index (χ1v) is 6.63. The van der Waals surface area contributed by atoms with Gasteiger partial charge in [-0.05, 0) is 25.7 Å². The summed E-state index contributed by atoms with van der Waals surface area (Å²) in [6.45, 7) is 0. The molecule has 2 fully saturated rings. The highest BCUT2D eigenvalue weighted by Crippen LogP contribution is 2.58. The Morgan fingerprint density at radius 3 is 2.78 bits per heavy atom. The Kier molecular flexibility index (Phi) is 2.66. The zero-order chi connectivity index (χ0) is 13.0. The summed E-state index contributed by atoms with van der Waals surface area (Å²) in [5.74, 6) is -1.18. The van der Waals surface area contributed by atoms with Gasteiger partial charge in [0.1, 0.15) is 0 Å². The van der Waals surface area contributed by atoms with E-state index in [1.807, 2.05) is 12.2 Å². The number of hydrogen-bond acceptors (Lipinski definition) is 4. The molecule has 2 bridgehead atoms. The molecule has 4 aliphatic carbocycles. The number of ketones is 1. The molecule has 2 saturated carbocycles. The number of Topliss-reactive ketones (excluding diaryl/α,β-unsaturated/α-hetero) is 1. The van der Waals surface area contributed by atoms with Gasteiger partial charge in [-0.2, -0.15) is 0 Å². The summed E-state index contributed by atoms with van der Waals surface area (Å²) >= 11 is 0. The standard InChI is InChI=1S/C14H20O4/c1-17-14(18-2)9-5-7-13(12(14)16)6-3-4-11(15)10(13)8-9/h5,7,9-11,15H,3-4,6,8H2,1-2H3/t9-,10-,11+,13+/m0/s1. The third-order valence-corrected chi connectivity index (χ3v) is 5.18. The van der Waals surface area contributed by atoms with Crippen molar-refractivity contribution in [2.24, 2.45) is 17.3 Å². The summed E-state index contributed by atoms with van der Waals surface area (Å²) in [6.07, 6.45) is 6.92. The third-order valence-electron chi connectivity index (χ3n) is 5.18. The van der Waals surface area contributed by atoms with Crippen LogP contribution in [0, 0.1) is 17.3 Å². The van der Waals surface area contributed by atoms with Crippen LogP contribution in [0.15, 0.2) is 12.2 Å². The molecule has 0 radical (unpaired) electrons. The molecular weight excluding hydrogens is 232 g/mol. The highest BCUT2D eigenvalue weighted by molar-refractivity contribution is 5.96. The molecule has 0 aromatic carbocycles. The number of carbonyl (C=O) groups excluding carboxylic acids is 1. The molecule has 4 aliphatic rings. The Balaban J connectivity index is 2.09. The molecule has 1 spiro atoms. The first kappa shape index (κ1) is 12.3. The lowest BCUT2D eigenvalue weighted by Crippen LogP contribution is -2.66. The molecule has 4 atom stereocenters. The molecule has 0 aromatic rings. The highest BCUT2D eigenvalue weighted by Gasteiger charge is 2.66. The van der Waals surface area contributed by atoms with Gasteiger partial charge in [-0.1, -0.05) is 12.2 Å². The molecular formula is C14H20O4. The van der Waals surface area contributed by atoms with Crippen LogP contribution in [0.25, 0.3) is 0 Å². The normalized spacial score (nSPS) is 45.1. The van der Waals surface area contributed by atoms with Gasteiger partial charge < -0.3 is 14.6 Å². The quantitative estimate of drug-likeness (QED) is 0.594. The second-order valence-electron chi connectivity index (χ2n) is 5.71. The average Bonchev–Trinajstić information content (AvgIpc) is 2.40. The van der Waals surface area contributed by atoms with Crippen LogP contribution in [0.3, 0.4) is 0 Å². The van der Waals surface area contributed by atoms with Gasteiger partial charge in [-0.3, -0.25) is 4.79 Å². The summed E-state index contributed by atoms with van der Waals surface area (Å²) in [4.78, 5) is 12.9. The van der Waals surface area contributed by atoms with E-state index in [1.54, 1.807) is 0 Å². The van der Waals surface area contributed by atoms with Crippen LogP contribution < -0.4 is 0 Å². The van der Waals surface area contributed by atoms with Crippen LogP contribution in [-0.4, -0.2) is 37.0 Å². The topological polar surface area (TPSA) is 55.8 Å². The van der Waals surface area contributed by atoms with E-state index in [1.165, 1.54) is 14.2 Å². The molecule has 100 valence electrons. The maximum Gasteiger partial charge on any atom is 0.235 e. The van der Waals surface area contributed by atoms with Crippen molar-refractivity contribution in [3.05, 3.63) is 12.2 Å². The fourth-order valence-corrected chi connectivity index (χ4v) is 4.25. The second-order valence-corrected chi connectivity index (χ2v) is 5.71. The van der Waals surface area contributed by atoms with Crippen LogP contribution in [0.2, 0.25) is 0 Å². The summed E-state index contributed by atoms with van der Waals surface area (Å²) in [7, 11) is 3.06. The molecule has 4 rings (SSSR count). The number of hydrogen-bond donors (Lipinski definition) is 1. The molecule has 0 amide bonds. The van der Waals surface area contributed by atoms with Crippen molar-refractivity contribution < 1.29 is 19.4 Å². The Bertz CT molecular complexity index is 399. The fraction of sp³-hybridized carbons (Fsp3) is 0.786. The molecule has 0 saturated heterocycles. The van der Waals surface area contributed by atoms with Gasteiger partial charge in [0.2, 0.25) is 11.6 Å². The number of carbonyl (C=O) groups is 1. The minimum Gasteiger partial charge on any atom is -0.393 e. The van der Waals surface area contributed by atoms with Crippen LogP contribution in [0.4, 0.5) is 0 Å². The monoisotopic (exact) mass is 252 g/mol. The maximum atomic E-state index is 12.9. The molecule has 0 aromatic heterocycles. The number of fused-ring (bicyclic) bond motifs is 1. The predicted molar refractivity (Wildman–Crippen MR) is 64.8 cm³/mol. The van der Waals surface area contributed by atoms with Crippen LogP contribution >= 0.6 is 0 Å². The van der Waals surface area contributed by atoms with E-state index >= 15 is 0 Å². The Morgan fingerprint density at radius 1 is 1.39 bits per heavy atom. The van der Waals surface area contributed by atoms with Gasteiger partial charge in [-0.15, -0.1) is 0 Å².